The topological polar surface area (TPSA) is 75.2 Å². The summed E-state index contributed by atoms with van der Waals surface area (Å²) in [6.07, 6.45) is 2.14. The zero-order valence-electron chi connectivity index (χ0n) is 12.5. The SMILES string of the molecule is CC(C)(C)OC=O.OC(c1cn[nH]c1)c1ccc(Cl)c(F)c1. The van der Waals surface area contributed by atoms with Crippen LogP contribution in [0.15, 0.2) is 30.6 Å². The highest BCUT2D eigenvalue weighted by Crippen LogP contribution is 2.24. The summed E-state index contributed by atoms with van der Waals surface area (Å²) in [6.45, 7) is 5.92. The van der Waals surface area contributed by atoms with E-state index in [-0.39, 0.29) is 10.6 Å². The zero-order chi connectivity index (χ0) is 16.8. The number of ether oxygens (including phenoxy) is 1. The molecular formula is C15H18ClFN2O3. The summed E-state index contributed by atoms with van der Waals surface area (Å²) >= 11 is 5.54. The molecule has 2 aromatic rings. The van der Waals surface area contributed by atoms with Crippen LogP contribution < -0.4 is 0 Å². The number of halogens is 2. The smallest absolute Gasteiger partial charge is 0.293 e. The number of benzene rings is 1. The molecule has 0 spiro atoms. The average molecular weight is 329 g/mol. The van der Waals surface area contributed by atoms with Crippen LogP contribution in [-0.2, 0) is 9.53 Å². The second-order valence-electron chi connectivity index (χ2n) is 5.43. The number of carbonyl (C=O) groups excluding carboxylic acids is 1. The Morgan fingerprint density at radius 1 is 1.41 bits per heavy atom. The number of H-pyrrole nitrogens is 1. The van der Waals surface area contributed by atoms with Gasteiger partial charge in [0.15, 0.2) is 0 Å². The lowest BCUT2D eigenvalue weighted by Crippen LogP contribution is -2.17. The van der Waals surface area contributed by atoms with Gasteiger partial charge < -0.3 is 9.84 Å². The number of aliphatic hydroxyl groups excluding tert-OH is 1. The fourth-order valence-corrected chi connectivity index (χ4v) is 1.55. The van der Waals surface area contributed by atoms with Crippen molar-refractivity contribution in [3.05, 3.63) is 52.6 Å². The summed E-state index contributed by atoms with van der Waals surface area (Å²) in [7, 11) is 0. The van der Waals surface area contributed by atoms with Crippen LogP contribution in [0.3, 0.4) is 0 Å². The minimum absolute atomic E-state index is 0.0399. The van der Waals surface area contributed by atoms with Gasteiger partial charge in [-0.1, -0.05) is 17.7 Å². The maximum atomic E-state index is 13.1. The Morgan fingerprint density at radius 3 is 2.50 bits per heavy atom. The second-order valence-corrected chi connectivity index (χ2v) is 5.84. The van der Waals surface area contributed by atoms with Crippen molar-refractivity contribution in [1.82, 2.24) is 10.2 Å². The summed E-state index contributed by atoms with van der Waals surface area (Å²) in [5.74, 6) is -0.545. The van der Waals surface area contributed by atoms with Crippen molar-refractivity contribution in [3.8, 4) is 0 Å². The van der Waals surface area contributed by atoms with Crippen LogP contribution in [0, 0.1) is 5.82 Å². The number of nitrogens with zero attached hydrogens (tertiary/aromatic N) is 1. The minimum atomic E-state index is -0.893. The molecule has 0 saturated carbocycles. The maximum absolute atomic E-state index is 13.1. The van der Waals surface area contributed by atoms with Crippen molar-refractivity contribution in [1.29, 1.82) is 0 Å². The highest BCUT2D eigenvalue weighted by Gasteiger charge is 2.13. The molecule has 120 valence electrons. The maximum Gasteiger partial charge on any atom is 0.293 e. The molecule has 0 aliphatic carbocycles. The molecule has 0 aliphatic heterocycles. The van der Waals surface area contributed by atoms with Gasteiger partial charge in [0.2, 0.25) is 0 Å². The number of rotatable bonds is 3. The fraction of sp³-hybridized carbons (Fsp3) is 0.333. The molecule has 7 heteroatoms. The number of aromatic nitrogens is 2. The normalized spacial score (nSPS) is 12.1. The van der Waals surface area contributed by atoms with Crippen molar-refractivity contribution in [2.45, 2.75) is 32.5 Å². The van der Waals surface area contributed by atoms with E-state index in [9.17, 15) is 14.3 Å². The van der Waals surface area contributed by atoms with Gasteiger partial charge in [-0.3, -0.25) is 9.89 Å². The van der Waals surface area contributed by atoms with Crippen LogP contribution >= 0.6 is 11.6 Å². The number of aliphatic hydroxyl groups is 1. The second kappa shape index (κ2) is 7.91. The minimum Gasteiger partial charge on any atom is -0.462 e. The molecule has 0 amide bonds. The summed E-state index contributed by atoms with van der Waals surface area (Å²) in [5, 5.41) is 16.1. The molecule has 0 aliphatic rings. The first-order valence-electron chi connectivity index (χ1n) is 6.47. The lowest BCUT2D eigenvalue weighted by molar-refractivity contribution is -0.138. The molecule has 1 atom stereocenters. The first-order valence-corrected chi connectivity index (χ1v) is 6.85. The lowest BCUT2D eigenvalue weighted by Gasteiger charge is -2.14. The third kappa shape index (κ3) is 5.83. The fourth-order valence-electron chi connectivity index (χ4n) is 1.43. The van der Waals surface area contributed by atoms with E-state index in [2.05, 4.69) is 14.9 Å². The van der Waals surface area contributed by atoms with Gasteiger partial charge in [-0.2, -0.15) is 5.10 Å². The van der Waals surface area contributed by atoms with E-state index in [4.69, 9.17) is 11.6 Å². The summed E-state index contributed by atoms with van der Waals surface area (Å²) < 4.78 is 17.7. The van der Waals surface area contributed by atoms with E-state index in [1.54, 1.807) is 12.3 Å². The monoisotopic (exact) mass is 328 g/mol. The Kier molecular flexibility index (Phi) is 6.52. The summed E-state index contributed by atoms with van der Waals surface area (Å²) in [5.41, 5.74) is 0.705. The van der Waals surface area contributed by atoms with Crippen LogP contribution in [0.2, 0.25) is 5.02 Å². The molecule has 1 heterocycles. The molecule has 22 heavy (non-hydrogen) atoms. The molecule has 1 unspecified atom stereocenters. The third-order valence-electron chi connectivity index (χ3n) is 2.50. The lowest BCUT2D eigenvalue weighted by atomic mass is 10.0. The number of hydrogen-bond donors (Lipinski definition) is 2. The number of nitrogens with one attached hydrogen (secondary N) is 1. The number of carbonyl (C=O) groups is 1. The van der Waals surface area contributed by atoms with Crippen LogP contribution in [0.25, 0.3) is 0 Å². The van der Waals surface area contributed by atoms with Crippen molar-refractivity contribution in [3.63, 3.8) is 0 Å². The molecule has 5 nitrogen and oxygen atoms in total. The van der Waals surface area contributed by atoms with Crippen molar-refractivity contribution < 1.29 is 19.0 Å². The Balaban J connectivity index is 0.000000295. The van der Waals surface area contributed by atoms with Gasteiger partial charge in [-0.05, 0) is 38.5 Å². The Morgan fingerprint density at radius 2 is 2.09 bits per heavy atom. The quantitative estimate of drug-likeness (QED) is 0.848. The van der Waals surface area contributed by atoms with Gasteiger partial charge in [0.05, 0.1) is 11.2 Å². The van der Waals surface area contributed by atoms with E-state index in [0.29, 0.717) is 17.6 Å². The molecular weight excluding hydrogens is 311 g/mol. The van der Waals surface area contributed by atoms with E-state index >= 15 is 0 Å². The zero-order valence-corrected chi connectivity index (χ0v) is 13.3. The van der Waals surface area contributed by atoms with E-state index in [1.165, 1.54) is 18.3 Å². The molecule has 2 rings (SSSR count). The predicted octanol–water partition coefficient (Wildman–Crippen LogP) is 3.24. The van der Waals surface area contributed by atoms with Gasteiger partial charge in [0, 0.05) is 11.8 Å². The first kappa shape index (κ1) is 18.1. The average Bonchev–Trinajstić information content (AvgIpc) is 2.94. The predicted molar refractivity (Wildman–Crippen MR) is 81.0 cm³/mol. The van der Waals surface area contributed by atoms with Crippen LogP contribution in [0.1, 0.15) is 38.0 Å². The standard InChI is InChI=1S/C10H8ClFN2O.C5H10O2/c11-8-2-1-6(3-9(8)12)10(15)7-4-13-14-5-7;1-5(2,3)7-4-6/h1-5,10,15H,(H,13,14);4H,1-3H3. The van der Waals surface area contributed by atoms with Crippen LogP contribution in [0.4, 0.5) is 4.39 Å². The Hall–Kier alpha value is -1.92. The van der Waals surface area contributed by atoms with Crippen LogP contribution in [-0.4, -0.2) is 27.4 Å². The van der Waals surface area contributed by atoms with Crippen molar-refractivity contribution in [2.24, 2.45) is 0 Å². The molecule has 2 N–H and O–H groups in total. The largest absolute Gasteiger partial charge is 0.462 e. The molecule has 0 radical (unpaired) electrons. The van der Waals surface area contributed by atoms with Crippen molar-refractivity contribution >= 4 is 18.1 Å². The highest BCUT2D eigenvalue weighted by molar-refractivity contribution is 6.30. The van der Waals surface area contributed by atoms with E-state index < -0.39 is 11.9 Å². The molecule has 0 saturated heterocycles. The highest BCUT2D eigenvalue weighted by atomic mass is 35.5. The first-order chi connectivity index (χ1) is 10.2. The number of hydrogen-bond acceptors (Lipinski definition) is 4. The van der Waals surface area contributed by atoms with Gasteiger partial charge >= 0.3 is 0 Å². The molecule has 1 aromatic heterocycles. The Bertz CT molecular complexity index is 597. The Labute approximate surface area is 133 Å². The van der Waals surface area contributed by atoms with E-state index in [1.807, 2.05) is 20.8 Å². The van der Waals surface area contributed by atoms with Crippen molar-refractivity contribution in [2.75, 3.05) is 0 Å². The molecule has 1 aromatic carbocycles. The molecule has 0 bridgehead atoms. The van der Waals surface area contributed by atoms with Crippen LogP contribution in [0.5, 0.6) is 0 Å². The van der Waals surface area contributed by atoms with Gasteiger partial charge in [-0.15, -0.1) is 0 Å². The van der Waals surface area contributed by atoms with E-state index in [0.717, 1.165) is 0 Å². The van der Waals surface area contributed by atoms with Gasteiger partial charge in [0.1, 0.15) is 17.5 Å². The van der Waals surface area contributed by atoms with Gasteiger partial charge in [-0.25, -0.2) is 4.39 Å². The summed E-state index contributed by atoms with van der Waals surface area (Å²) in [6, 6.07) is 4.19. The van der Waals surface area contributed by atoms with Gasteiger partial charge in [0.25, 0.3) is 6.47 Å². The molecule has 0 fully saturated rings. The summed E-state index contributed by atoms with van der Waals surface area (Å²) in [4.78, 5) is 9.60. The number of aromatic amines is 1. The third-order valence-corrected chi connectivity index (χ3v) is 2.80.